The van der Waals surface area contributed by atoms with Gasteiger partial charge < -0.3 is 10.5 Å². The number of nitrogens with two attached hydrogens (primary N) is 1. The fraction of sp³-hybridized carbons (Fsp3) is 0.312. The van der Waals surface area contributed by atoms with Crippen molar-refractivity contribution in [3.05, 3.63) is 58.9 Å². The summed E-state index contributed by atoms with van der Waals surface area (Å²) in [5.41, 5.74) is 7.70. The Balaban J connectivity index is 2.35. The molecular formula is C16H19ClN2O. The second-order valence-electron chi connectivity index (χ2n) is 5.29. The van der Waals surface area contributed by atoms with Crippen molar-refractivity contribution in [3.63, 3.8) is 0 Å². The molecule has 2 rings (SSSR count). The maximum atomic E-state index is 6.47. The SMILES string of the molecule is CC(C)Oc1cncc(C(C)(N)c2ccc(Cl)cc2)c1. The van der Waals surface area contributed by atoms with Crippen LogP contribution in [0.4, 0.5) is 0 Å². The third-order valence-corrected chi connectivity index (χ3v) is 3.38. The van der Waals surface area contributed by atoms with Crippen LogP contribution in [0.2, 0.25) is 5.02 Å². The lowest BCUT2D eigenvalue weighted by molar-refractivity contribution is 0.241. The molecule has 0 amide bonds. The monoisotopic (exact) mass is 290 g/mol. The maximum Gasteiger partial charge on any atom is 0.138 e. The number of hydrogen-bond acceptors (Lipinski definition) is 3. The Labute approximate surface area is 124 Å². The van der Waals surface area contributed by atoms with E-state index in [9.17, 15) is 0 Å². The van der Waals surface area contributed by atoms with Crippen LogP contribution >= 0.6 is 11.6 Å². The Morgan fingerprint density at radius 1 is 1.15 bits per heavy atom. The standard InChI is InChI=1S/C16H19ClN2O/c1-11(2)20-15-8-13(9-19-10-15)16(3,18)12-4-6-14(17)7-5-12/h4-11H,18H2,1-3H3. The van der Waals surface area contributed by atoms with Crippen LogP contribution in [0.3, 0.4) is 0 Å². The quantitative estimate of drug-likeness (QED) is 0.933. The number of benzene rings is 1. The summed E-state index contributed by atoms with van der Waals surface area (Å²) in [4.78, 5) is 4.22. The highest BCUT2D eigenvalue weighted by Crippen LogP contribution is 2.29. The smallest absolute Gasteiger partial charge is 0.138 e. The molecule has 20 heavy (non-hydrogen) atoms. The lowest BCUT2D eigenvalue weighted by atomic mass is 9.87. The fourth-order valence-corrected chi connectivity index (χ4v) is 2.13. The average molecular weight is 291 g/mol. The van der Waals surface area contributed by atoms with Crippen LogP contribution in [0, 0.1) is 0 Å². The van der Waals surface area contributed by atoms with Crippen molar-refractivity contribution >= 4 is 11.6 Å². The van der Waals surface area contributed by atoms with E-state index in [0.29, 0.717) is 5.02 Å². The van der Waals surface area contributed by atoms with Gasteiger partial charge in [-0.3, -0.25) is 4.98 Å². The molecule has 4 heteroatoms. The number of rotatable bonds is 4. The molecule has 0 aliphatic rings. The molecule has 1 unspecified atom stereocenters. The molecule has 0 aliphatic carbocycles. The van der Waals surface area contributed by atoms with Crippen LogP contribution in [-0.2, 0) is 5.54 Å². The molecule has 0 fully saturated rings. The summed E-state index contributed by atoms with van der Waals surface area (Å²) in [7, 11) is 0. The highest BCUT2D eigenvalue weighted by Gasteiger charge is 2.24. The number of pyridine rings is 1. The van der Waals surface area contributed by atoms with Gasteiger partial charge >= 0.3 is 0 Å². The summed E-state index contributed by atoms with van der Waals surface area (Å²) in [6.45, 7) is 5.91. The molecule has 2 aromatic rings. The second-order valence-corrected chi connectivity index (χ2v) is 5.72. The predicted molar refractivity (Wildman–Crippen MR) is 82.1 cm³/mol. The Hall–Kier alpha value is -1.58. The van der Waals surface area contributed by atoms with E-state index in [0.717, 1.165) is 16.9 Å². The number of ether oxygens (including phenoxy) is 1. The van der Waals surface area contributed by atoms with E-state index >= 15 is 0 Å². The molecule has 0 spiro atoms. The van der Waals surface area contributed by atoms with Crippen molar-refractivity contribution in [2.45, 2.75) is 32.4 Å². The first-order chi connectivity index (χ1) is 9.39. The second kappa shape index (κ2) is 5.81. The van der Waals surface area contributed by atoms with Crippen LogP contribution in [-0.4, -0.2) is 11.1 Å². The van der Waals surface area contributed by atoms with E-state index in [4.69, 9.17) is 22.1 Å². The zero-order valence-electron chi connectivity index (χ0n) is 11.9. The Morgan fingerprint density at radius 3 is 2.40 bits per heavy atom. The Bertz CT molecular complexity index is 579. The van der Waals surface area contributed by atoms with Gasteiger partial charge in [0.2, 0.25) is 0 Å². The number of aromatic nitrogens is 1. The topological polar surface area (TPSA) is 48.1 Å². The van der Waals surface area contributed by atoms with Crippen LogP contribution in [0.15, 0.2) is 42.7 Å². The number of nitrogens with zero attached hydrogens (tertiary/aromatic N) is 1. The van der Waals surface area contributed by atoms with Crippen LogP contribution in [0.5, 0.6) is 5.75 Å². The van der Waals surface area contributed by atoms with Gasteiger partial charge in [-0.05, 0) is 50.1 Å². The van der Waals surface area contributed by atoms with Gasteiger partial charge in [-0.2, -0.15) is 0 Å². The highest BCUT2D eigenvalue weighted by atomic mass is 35.5. The van der Waals surface area contributed by atoms with Gasteiger partial charge in [0.15, 0.2) is 0 Å². The summed E-state index contributed by atoms with van der Waals surface area (Å²) >= 11 is 5.92. The van der Waals surface area contributed by atoms with Crippen molar-refractivity contribution in [1.29, 1.82) is 0 Å². The first-order valence-corrected chi connectivity index (χ1v) is 6.94. The molecule has 2 N–H and O–H groups in total. The molecule has 0 saturated heterocycles. The van der Waals surface area contributed by atoms with E-state index in [-0.39, 0.29) is 6.10 Å². The van der Waals surface area contributed by atoms with Gasteiger partial charge in [0.05, 0.1) is 17.8 Å². The third kappa shape index (κ3) is 3.30. The summed E-state index contributed by atoms with van der Waals surface area (Å²) in [5, 5.41) is 0.694. The van der Waals surface area contributed by atoms with Gasteiger partial charge in [0, 0.05) is 11.2 Å². The fourth-order valence-electron chi connectivity index (χ4n) is 2.00. The number of hydrogen-bond donors (Lipinski definition) is 1. The average Bonchev–Trinajstić information content (AvgIpc) is 2.39. The van der Waals surface area contributed by atoms with E-state index in [1.165, 1.54) is 0 Å². The predicted octanol–water partition coefficient (Wildman–Crippen LogP) is 3.74. The van der Waals surface area contributed by atoms with Crippen molar-refractivity contribution in [3.8, 4) is 5.75 Å². The van der Waals surface area contributed by atoms with E-state index in [1.807, 2.05) is 51.1 Å². The van der Waals surface area contributed by atoms with Crippen molar-refractivity contribution in [2.75, 3.05) is 0 Å². The van der Waals surface area contributed by atoms with Crippen LogP contribution in [0.1, 0.15) is 31.9 Å². The molecular weight excluding hydrogens is 272 g/mol. The molecule has 0 radical (unpaired) electrons. The molecule has 3 nitrogen and oxygen atoms in total. The summed E-state index contributed by atoms with van der Waals surface area (Å²) < 4.78 is 5.67. The molecule has 106 valence electrons. The minimum atomic E-state index is -0.645. The molecule has 0 saturated carbocycles. The largest absolute Gasteiger partial charge is 0.489 e. The van der Waals surface area contributed by atoms with Crippen LogP contribution in [0.25, 0.3) is 0 Å². The van der Waals surface area contributed by atoms with Gasteiger partial charge in [0.1, 0.15) is 5.75 Å². The highest BCUT2D eigenvalue weighted by molar-refractivity contribution is 6.30. The van der Waals surface area contributed by atoms with Gasteiger partial charge in [0.25, 0.3) is 0 Å². The van der Waals surface area contributed by atoms with Crippen LogP contribution < -0.4 is 10.5 Å². The van der Waals surface area contributed by atoms with E-state index in [2.05, 4.69) is 4.98 Å². The molecule has 1 atom stereocenters. The molecule has 0 bridgehead atoms. The minimum absolute atomic E-state index is 0.103. The van der Waals surface area contributed by atoms with Gasteiger partial charge in [-0.15, -0.1) is 0 Å². The minimum Gasteiger partial charge on any atom is -0.489 e. The summed E-state index contributed by atoms with van der Waals surface area (Å²) in [6, 6.07) is 9.46. The first-order valence-electron chi connectivity index (χ1n) is 6.56. The van der Waals surface area contributed by atoms with Gasteiger partial charge in [-0.1, -0.05) is 23.7 Å². The molecule has 1 heterocycles. The Morgan fingerprint density at radius 2 is 1.80 bits per heavy atom. The zero-order chi connectivity index (χ0) is 14.8. The first kappa shape index (κ1) is 14.8. The molecule has 1 aromatic heterocycles. The molecule has 0 aliphatic heterocycles. The molecule has 1 aromatic carbocycles. The van der Waals surface area contributed by atoms with Gasteiger partial charge in [-0.25, -0.2) is 0 Å². The maximum absolute atomic E-state index is 6.47. The van der Waals surface area contributed by atoms with Crippen molar-refractivity contribution < 1.29 is 4.74 Å². The third-order valence-electron chi connectivity index (χ3n) is 3.13. The van der Waals surface area contributed by atoms with Crippen molar-refractivity contribution in [1.82, 2.24) is 4.98 Å². The summed E-state index contributed by atoms with van der Waals surface area (Å²) in [5.74, 6) is 0.725. The van der Waals surface area contributed by atoms with E-state index < -0.39 is 5.54 Å². The van der Waals surface area contributed by atoms with Crippen molar-refractivity contribution in [2.24, 2.45) is 5.73 Å². The normalized spacial score (nSPS) is 14.1. The zero-order valence-corrected chi connectivity index (χ0v) is 12.7. The lowest BCUT2D eigenvalue weighted by Crippen LogP contribution is -2.34. The lowest BCUT2D eigenvalue weighted by Gasteiger charge is -2.26. The Kier molecular flexibility index (Phi) is 4.31. The number of halogens is 1. The summed E-state index contributed by atoms with van der Waals surface area (Å²) in [6.07, 6.45) is 3.56. The van der Waals surface area contributed by atoms with E-state index in [1.54, 1.807) is 12.4 Å².